The first-order chi connectivity index (χ1) is 11.6. The highest BCUT2D eigenvalue weighted by Crippen LogP contribution is 2.24. The second-order valence-corrected chi connectivity index (χ2v) is 6.17. The molecule has 0 fully saturated rings. The zero-order chi connectivity index (χ0) is 16.9. The van der Waals surface area contributed by atoms with Crippen molar-refractivity contribution in [3.05, 3.63) is 60.3 Å². The Morgan fingerprint density at radius 2 is 1.96 bits per heavy atom. The van der Waals surface area contributed by atoms with Crippen LogP contribution in [0.5, 0.6) is 0 Å². The van der Waals surface area contributed by atoms with E-state index in [0.29, 0.717) is 11.3 Å². The monoisotopic (exact) mass is 337 g/mol. The lowest BCUT2D eigenvalue weighted by atomic mass is 10.1. The van der Waals surface area contributed by atoms with Crippen molar-refractivity contribution in [2.45, 2.75) is 11.9 Å². The molecule has 2 aromatic carbocycles. The molecular weight excluding hydrogens is 322 g/mol. The van der Waals surface area contributed by atoms with Gasteiger partial charge in [-0.05, 0) is 19.1 Å². The molecule has 0 atom stereocenters. The number of hydrogen-bond acceptors (Lipinski definition) is 5. The normalized spacial score (nSPS) is 10.5. The van der Waals surface area contributed by atoms with Crippen LogP contribution in [0.4, 0.5) is 5.69 Å². The minimum absolute atomic E-state index is 0.0356. The van der Waals surface area contributed by atoms with Crippen LogP contribution < -0.4 is 5.32 Å². The van der Waals surface area contributed by atoms with Crippen molar-refractivity contribution in [1.29, 1.82) is 0 Å². The molecule has 1 amide bonds. The van der Waals surface area contributed by atoms with E-state index in [0.717, 1.165) is 15.8 Å². The van der Waals surface area contributed by atoms with Crippen LogP contribution in [0.2, 0.25) is 0 Å². The Hall–Kier alpha value is -2.73. The van der Waals surface area contributed by atoms with Gasteiger partial charge in [0.15, 0.2) is 5.78 Å². The van der Waals surface area contributed by atoms with Gasteiger partial charge in [0.25, 0.3) is 0 Å². The van der Waals surface area contributed by atoms with Crippen molar-refractivity contribution >= 4 is 39.9 Å². The molecule has 1 heterocycles. The molecule has 0 aliphatic rings. The van der Waals surface area contributed by atoms with Crippen LogP contribution in [-0.4, -0.2) is 27.6 Å². The number of nitrogens with one attached hydrogen (secondary N) is 1. The van der Waals surface area contributed by atoms with Crippen LogP contribution in [0.15, 0.2) is 59.8 Å². The molecule has 6 heteroatoms. The molecule has 3 aromatic rings. The number of carbonyl (C=O) groups is 2. The van der Waals surface area contributed by atoms with Gasteiger partial charge < -0.3 is 5.32 Å². The fraction of sp³-hybridized carbons (Fsp3) is 0.111. The third-order valence-electron chi connectivity index (χ3n) is 3.43. The van der Waals surface area contributed by atoms with E-state index < -0.39 is 0 Å². The van der Waals surface area contributed by atoms with Gasteiger partial charge in [-0.15, -0.1) is 5.10 Å². The Kier molecular flexibility index (Phi) is 4.86. The van der Waals surface area contributed by atoms with Crippen LogP contribution in [-0.2, 0) is 4.79 Å². The molecule has 0 aliphatic heterocycles. The Labute approximate surface area is 143 Å². The third kappa shape index (κ3) is 3.78. The van der Waals surface area contributed by atoms with Crippen molar-refractivity contribution < 1.29 is 9.59 Å². The fourth-order valence-electron chi connectivity index (χ4n) is 2.26. The van der Waals surface area contributed by atoms with Gasteiger partial charge >= 0.3 is 0 Å². The smallest absolute Gasteiger partial charge is 0.234 e. The zero-order valence-corrected chi connectivity index (χ0v) is 13.8. The first kappa shape index (κ1) is 16.1. The molecule has 5 nitrogen and oxygen atoms in total. The Morgan fingerprint density at radius 1 is 1.12 bits per heavy atom. The summed E-state index contributed by atoms with van der Waals surface area (Å²) in [5.41, 5.74) is 1.18. The van der Waals surface area contributed by atoms with Gasteiger partial charge in [0.2, 0.25) is 5.91 Å². The topological polar surface area (TPSA) is 72.0 Å². The lowest BCUT2D eigenvalue weighted by Gasteiger charge is -2.07. The quantitative estimate of drug-likeness (QED) is 0.569. The number of fused-ring (bicyclic) bond motifs is 1. The van der Waals surface area contributed by atoms with Gasteiger partial charge in [-0.25, -0.2) is 0 Å². The second-order valence-electron chi connectivity index (χ2n) is 5.21. The van der Waals surface area contributed by atoms with E-state index in [1.807, 2.05) is 24.3 Å². The molecule has 0 unspecified atom stereocenters. The molecule has 0 saturated heterocycles. The van der Waals surface area contributed by atoms with E-state index in [2.05, 4.69) is 15.5 Å². The number of Topliss-reactive ketones (excluding diaryl/α,β-unsaturated/α-hetero) is 1. The summed E-state index contributed by atoms with van der Waals surface area (Å²) < 4.78 is 0. The van der Waals surface area contributed by atoms with E-state index >= 15 is 0 Å². The number of ketones is 1. The highest BCUT2D eigenvalue weighted by molar-refractivity contribution is 8.00. The molecule has 120 valence electrons. The van der Waals surface area contributed by atoms with Crippen LogP contribution in [0.25, 0.3) is 10.8 Å². The minimum atomic E-state index is -0.157. The summed E-state index contributed by atoms with van der Waals surface area (Å²) in [6, 6.07) is 14.7. The lowest BCUT2D eigenvalue weighted by molar-refractivity contribution is -0.113. The predicted molar refractivity (Wildman–Crippen MR) is 95.3 cm³/mol. The van der Waals surface area contributed by atoms with Gasteiger partial charge in [0, 0.05) is 22.0 Å². The van der Waals surface area contributed by atoms with Crippen LogP contribution >= 0.6 is 11.8 Å². The first-order valence-electron chi connectivity index (χ1n) is 7.37. The summed E-state index contributed by atoms with van der Waals surface area (Å²) in [5, 5.41) is 13.6. The molecular formula is C18H15N3O2S. The number of nitrogens with zero attached hydrogens (tertiary/aromatic N) is 2. The SMILES string of the molecule is CC(=O)c1cccc(NC(=O)CSc2nncc3ccccc23)c1. The molecule has 0 aliphatic carbocycles. The first-order valence-corrected chi connectivity index (χ1v) is 8.36. The Balaban J connectivity index is 1.67. The molecule has 0 spiro atoms. The molecule has 0 bridgehead atoms. The fourth-order valence-corrected chi connectivity index (χ4v) is 3.04. The van der Waals surface area contributed by atoms with Gasteiger partial charge in [0.1, 0.15) is 5.03 Å². The number of thioether (sulfide) groups is 1. The van der Waals surface area contributed by atoms with E-state index in [1.165, 1.54) is 18.7 Å². The maximum atomic E-state index is 12.1. The number of benzene rings is 2. The summed E-state index contributed by atoms with van der Waals surface area (Å²) in [5.74, 6) is 0.0226. The molecule has 1 aromatic heterocycles. The molecule has 3 rings (SSSR count). The lowest BCUT2D eigenvalue weighted by Crippen LogP contribution is -2.14. The number of amides is 1. The molecule has 24 heavy (non-hydrogen) atoms. The highest BCUT2D eigenvalue weighted by atomic mass is 32.2. The largest absolute Gasteiger partial charge is 0.325 e. The maximum Gasteiger partial charge on any atom is 0.234 e. The average molecular weight is 337 g/mol. The second kappa shape index (κ2) is 7.23. The van der Waals surface area contributed by atoms with E-state index in [9.17, 15) is 9.59 Å². The van der Waals surface area contributed by atoms with Crippen molar-refractivity contribution in [3.63, 3.8) is 0 Å². The van der Waals surface area contributed by atoms with Gasteiger partial charge in [0.05, 0.1) is 11.9 Å². The van der Waals surface area contributed by atoms with Crippen molar-refractivity contribution in [2.24, 2.45) is 0 Å². The van der Waals surface area contributed by atoms with E-state index in [1.54, 1.807) is 30.5 Å². The standard InChI is InChI=1S/C18H15N3O2S/c1-12(22)13-6-4-7-15(9-13)20-17(23)11-24-18-16-8-3-2-5-14(16)10-19-21-18/h2-10H,11H2,1H3,(H,20,23). The summed E-state index contributed by atoms with van der Waals surface area (Å²) in [6.45, 7) is 1.50. The van der Waals surface area contributed by atoms with Crippen LogP contribution in [0.3, 0.4) is 0 Å². The van der Waals surface area contributed by atoms with Crippen LogP contribution in [0, 0.1) is 0 Å². The van der Waals surface area contributed by atoms with Gasteiger partial charge in [-0.1, -0.05) is 48.2 Å². The van der Waals surface area contributed by atoms with Crippen molar-refractivity contribution in [2.75, 3.05) is 11.1 Å². The average Bonchev–Trinajstić information content (AvgIpc) is 2.60. The maximum absolute atomic E-state index is 12.1. The molecule has 0 radical (unpaired) electrons. The number of anilines is 1. The van der Waals surface area contributed by atoms with E-state index in [4.69, 9.17) is 0 Å². The number of hydrogen-bond donors (Lipinski definition) is 1. The summed E-state index contributed by atoms with van der Waals surface area (Å²) in [6.07, 6.45) is 1.70. The molecule has 1 N–H and O–H groups in total. The Bertz CT molecular complexity index is 906. The zero-order valence-electron chi connectivity index (χ0n) is 13.0. The summed E-state index contributed by atoms with van der Waals surface area (Å²) in [7, 11) is 0. The third-order valence-corrected chi connectivity index (χ3v) is 4.41. The highest BCUT2D eigenvalue weighted by Gasteiger charge is 2.09. The predicted octanol–water partition coefficient (Wildman–Crippen LogP) is 3.56. The van der Waals surface area contributed by atoms with Gasteiger partial charge in [-0.3, -0.25) is 9.59 Å². The van der Waals surface area contributed by atoms with Crippen molar-refractivity contribution in [1.82, 2.24) is 10.2 Å². The molecule has 0 saturated carbocycles. The number of carbonyl (C=O) groups excluding carboxylic acids is 2. The number of rotatable bonds is 5. The van der Waals surface area contributed by atoms with Crippen LogP contribution in [0.1, 0.15) is 17.3 Å². The summed E-state index contributed by atoms with van der Waals surface area (Å²) >= 11 is 1.34. The Morgan fingerprint density at radius 3 is 2.79 bits per heavy atom. The summed E-state index contributed by atoms with van der Waals surface area (Å²) in [4.78, 5) is 23.5. The van der Waals surface area contributed by atoms with E-state index in [-0.39, 0.29) is 17.4 Å². The van der Waals surface area contributed by atoms with Crippen molar-refractivity contribution in [3.8, 4) is 0 Å². The van der Waals surface area contributed by atoms with Gasteiger partial charge in [-0.2, -0.15) is 5.10 Å². The minimum Gasteiger partial charge on any atom is -0.325 e. The number of aromatic nitrogens is 2.